The summed E-state index contributed by atoms with van der Waals surface area (Å²) in [6, 6.07) is 9.00. The van der Waals surface area contributed by atoms with E-state index >= 15 is 0 Å². The van der Waals surface area contributed by atoms with E-state index in [1.807, 2.05) is 24.3 Å². The van der Waals surface area contributed by atoms with Gasteiger partial charge in [0.15, 0.2) is 0 Å². The van der Waals surface area contributed by atoms with Crippen LogP contribution in [0.5, 0.6) is 0 Å². The van der Waals surface area contributed by atoms with Crippen molar-refractivity contribution in [3.8, 4) is 0 Å². The summed E-state index contributed by atoms with van der Waals surface area (Å²) in [4.78, 5) is 23.3. The molecule has 0 saturated carbocycles. The number of fused-ring (bicyclic) bond motifs is 1. The number of carbonyl (C=O) groups excluding carboxylic acids is 1. The van der Waals surface area contributed by atoms with Gasteiger partial charge in [-0.15, -0.1) is 0 Å². The summed E-state index contributed by atoms with van der Waals surface area (Å²) in [6.45, 7) is 0.384. The van der Waals surface area contributed by atoms with Crippen LogP contribution in [0.2, 0.25) is 0 Å². The molecule has 3 rings (SSSR count). The van der Waals surface area contributed by atoms with E-state index in [1.54, 1.807) is 18.6 Å². The molecule has 0 aliphatic heterocycles. The number of hydrogen-bond acceptors (Lipinski definition) is 4. The van der Waals surface area contributed by atoms with Crippen LogP contribution in [0.1, 0.15) is 16.1 Å². The summed E-state index contributed by atoms with van der Waals surface area (Å²) in [5.41, 5.74) is 7.81. The number of rotatable bonds is 3. The highest BCUT2D eigenvalue weighted by Gasteiger charge is 2.11. The zero-order valence-corrected chi connectivity index (χ0v) is 10.6. The number of amides is 1. The van der Waals surface area contributed by atoms with Crippen molar-refractivity contribution in [3.63, 3.8) is 0 Å². The van der Waals surface area contributed by atoms with E-state index in [9.17, 15) is 4.79 Å². The molecule has 0 aliphatic carbocycles. The smallest absolute Gasteiger partial charge is 0.252 e. The zero-order chi connectivity index (χ0) is 13.9. The number of pyridine rings is 1. The third-order valence-electron chi connectivity index (χ3n) is 2.97. The number of nitrogen functional groups attached to an aromatic ring is 1. The first-order chi connectivity index (χ1) is 9.74. The minimum absolute atomic E-state index is 0.190. The summed E-state index contributed by atoms with van der Waals surface area (Å²) in [5, 5.41) is 3.61. The summed E-state index contributed by atoms with van der Waals surface area (Å²) in [7, 11) is 0. The van der Waals surface area contributed by atoms with Crippen molar-refractivity contribution in [2.75, 3.05) is 5.73 Å². The van der Waals surface area contributed by atoms with Gasteiger partial charge in [0.2, 0.25) is 0 Å². The molecule has 1 aromatic carbocycles. The van der Waals surface area contributed by atoms with Crippen LogP contribution in [0.25, 0.3) is 10.9 Å². The Bertz CT molecular complexity index is 751. The zero-order valence-electron chi connectivity index (χ0n) is 10.6. The van der Waals surface area contributed by atoms with Crippen molar-refractivity contribution < 1.29 is 4.79 Å². The van der Waals surface area contributed by atoms with E-state index in [-0.39, 0.29) is 5.91 Å². The predicted molar refractivity (Wildman–Crippen MR) is 75.9 cm³/mol. The summed E-state index contributed by atoms with van der Waals surface area (Å²) < 4.78 is 0. The number of nitrogens with one attached hydrogen (secondary N) is 2. The Hall–Kier alpha value is -2.89. The van der Waals surface area contributed by atoms with Crippen LogP contribution < -0.4 is 11.1 Å². The molecule has 4 N–H and O–H groups in total. The molecular weight excluding hydrogens is 254 g/mol. The van der Waals surface area contributed by atoms with E-state index in [0.29, 0.717) is 23.4 Å². The normalized spacial score (nSPS) is 10.6. The lowest BCUT2D eigenvalue weighted by Gasteiger charge is -2.08. The van der Waals surface area contributed by atoms with Gasteiger partial charge in [0, 0.05) is 11.6 Å². The molecule has 100 valence electrons. The average molecular weight is 267 g/mol. The van der Waals surface area contributed by atoms with Gasteiger partial charge in [0.1, 0.15) is 5.82 Å². The lowest BCUT2D eigenvalue weighted by atomic mass is 10.1. The maximum Gasteiger partial charge on any atom is 0.252 e. The number of H-pyrrole nitrogens is 1. The van der Waals surface area contributed by atoms with Crippen LogP contribution in [0, 0.1) is 0 Å². The first kappa shape index (κ1) is 12.2. The first-order valence-corrected chi connectivity index (χ1v) is 6.15. The molecule has 0 spiro atoms. The molecule has 0 atom stereocenters. The monoisotopic (exact) mass is 267 g/mol. The Morgan fingerprint density at radius 3 is 3.00 bits per heavy atom. The number of imidazole rings is 1. The van der Waals surface area contributed by atoms with Crippen LogP contribution in [-0.2, 0) is 6.54 Å². The highest BCUT2D eigenvalue weighted by Crippen LogP contribution is 2.19. The molecule has 2 aromatic heterocycles. The Balaban J connectivity index is 1.90. The number of para-hydroxylation sites is 1. The van der Waals surface area contributed by atoms with Gasteiger partial charge < -0.3 is 16.0 Å². The second-order valence-electron chi connectivity index (χ2n) is 4.37. The SMILES string of the molecule is Nc1cc(C(=O)NCc2cnc[nH]2)c2ccccc2n1. The molecule has 6 nitrogen and oxygen atoms in total. The van der Waals surface area contributed by atoms with Gasteiger partial charge in [-0.3, -0.25) is 4.79 Å². The molecule has 1 amide bonds. The highest BCUT2D eigenvalue weighted by molar-refractivity contribution is 6.06. The van der Waals surface area contributed by atoms with E-state index in [0.717, 1.165) is 11.1 Å². The first-order valence-electron chi connectivity index (χ1n) is 6.15. The topological polar surface area (TPSA) is 96.7 Å². The number of nitrogens with zero attached hydrogens (tertiary/aromatic N) is 2. The maximum absolute atomic E-state index is 12.3. The standard InChI is InChI=1S/C14H13N5O/c15-13-5-11(10-3-1-2-4-12(10)19-13)14(20)17-7-9-6-16-8-18-9/h1-6,8H,7H2,(H2,15,19)(H,16,18)(H,17,20). The summed E-state index contributed by atoms with van der Waals surface area (Å²) in [6.07, 6.45) is 3.24. The third-order valence-corrected chi connectivity index (χ3v) is 2.97. The van der Waals surface area contributed by atoms with Crippen LogP contribution in [0.3, 0.4) is 0 Å². The van der Waals surface area contributed by atoms with Gasteiger partial charge >= 0.3 is 0 Å². The van der Waals surface area contributed by atoms with Gasteiger partial charge in [-0.05, 0) is 12.1 Å². The highest BCUT2D eigenvalue weighted by atomic mass is 16.1. The number of anilines is 1. The Kier molecular flexibility index (Phi) is 3.04. The fraction of sp³-hybridized carbons (Fsp3) is 0.0714. The number of aromatic amines is 1. The second kappa shape index (κ2) is 5.00. The van der Waals surface area contributed by atoms with Crippen LogP contribution in [-0.4, -0.2) is 20.9 Å². The minimum atomic E-state index is -0.190. The average Bonchev–Trinajstić information content (AvgIpc) is 2.97. The number of hydrogen-bond donors (Lipinski definition) is 3. The predicted octanol–water partition coefficient (Wildman–Crippen LogP) is 1.47. The van der Waals surface area contributed by atoms with Gasteiger partial charge in [-0.2, -0.15) is 0 Å². The van der Waals surface area contributed by atoms with E-state index in [1.165, 1.54) is 0 Å². The van der Waals surface area contributed by atoms with Crippen molar-refractivity contribution in [3.05, 3.63) is 54.1 Å². The van der Waals surface area contributed by atoms with Crippen LogP contribution in [0.4, 0.5) is 5.82 Å². The molecule has 3 aromatic rings. The number of carbonyl (C=O) groups is 1. The Labute approximate surface area is 115 Å². The Morgan fingerprint density at radius 2 is 2.20 bits per heavy atom. The fourth-order valence-electron chi connectivity index (χ4n) is 2.04. The van der Waals surface area contributed by atoms with Gasteiger partial charge in [0.25, 0.3) is 5.91 Å². The third kappa shape index (κ3) is 2.31. The molecule has 0 radical (unpaired) electrons. The van der Waals surface area contributed by atoms with Crippen molar-refractivity contribution in [1.29, 1.82) is 0 Å². The largest absolute Gasteiger partial charge is 0.384 e. The summed E-state index contributed by atoms with van der Waals surface area (Å²) in [5.74, 6) is 0.139. The number of nitrogens with two attached hydrogens (primary N) is 1. The van der Waals surface area contributed by atoms with Crippen molar-refractivity contribution in [2.24, 2.45) is 0 Å². The fourth-order valence-corrected chi connectivity index (χ4v) is 2.04. The quantitative estimate of drug-likeness (QED) is 0.669. The van der Waals surface area contributed by atoms with Crippen LogP contribution in [0.15, 0.2) is 42.9 Å². The molecule has 0 unspecified atom stereocenters. The molecular formula is C14H13N5O. The lowest BCUT2D eigenvalue weighted by molar-refractivity contribution is 0.0952. The van der Waals surface area contributed by atoms with Crippen molar-refractivity contribution in [2.45, 2.75) is 6.54 Å². The maximum atomic E-state index is 12.3. The molecule has 6 heteroatoms. The number of benzene rings is 1. The van der Waals surface area contributed by atoms with Gasteiger partial charge in [0.05, 0.1) is 29.6 Å². The van der Waals surface area contributed by atoms with E-state index in [2.05, 4.69) is 20.3 Å². The van der Waals surface area contributed by atoms with Crippen molar-refractivity contribution >= 4 is 22.6 Å². The van der Waals surface area contributed by atoms with E-state index < -0.39 is 0 Å². The van der Waals surface area contributed by atoms with Gasteiger partial charge in [-0.1, -0.05) is 18.2 Å². The second-order valence-corrected chi connectivity index (χ2v) is 4.37. The molecule has 0 aliphatic rings. The molecule has 0 fully saturated rings. The van der Waals surface area contributed by atoms with Crippen molar-refractivity contribution in [1.82, 2.24) is 20.3 Å². The molecule has 0 saturated heterocycles. The molecule has 0 bridgehead atoms. The molecule has 2 heterocycles. The van der Waals surface area contributed by atoms with E-state index in [4.69, 9.17) is 5.73 Å². The number of aromatic nitrogens is 3. The van der Waals surface area contributed by atoms with Gasteiger partial charge in [-0.25, -0.2) is 9.97 Å². The Morgan fingerprint density at radius 1 is 1.35 bits per heavy atom. The molecule has 20 heavy (non-hydrogen) atoms. The lowest BCUT2D eigenvalue weighted by Crippen LogP contribution is -2.23. The minimum Gasteiger partial charge on any atom is -0.384 e. The summed E-state index contributed by atoms with van der Waals surface area (Å²) >= 11 is 0. The van der Waals surface area contributed by atoms with Crippen LogP contribution >= 0.6 is 0 Å².